The topological polar surface area (TPSA) is 75.3 Å². The molecule has 0 atom stereocenters. The second-order valence-corrected chi connectivity index (χ2v) is 7.65. The number of benzene rings is 2. The van der Waals surface area contributed by atoms with Gasteiger partial charge in [0.15, 0.2) is 0 Å². The first-order chi connectivity index (χ1) is 10.7. The summed E-state index contributed by atoms with van der Waals surface area (Å²) in [6.07, 6.45) is 1.01. The molecule has 0 spiro atoms. The summed E-state index contributed by atoms with van der Waals surface area (Å²) in [5, 5.41) is 3.47. The van der Waals surface area contributed by atoms with Crippen LogP contribution in [0.1, 0.15) is 10.4 Å². The van der Waals surface area contributed by atoms with Crippen molar-refractivity contribution in [1.29, 1.82) is 0 Å². The van der Waals surface area contributed by atoms with Gasteiger partial charge >= 0.3 is 0 Å². The van der Waals surface area contributed by atoms with Gasteiger partial charge in [-0.15, -0.1) is 0 Å². The minimum absolute atomic E-state index is 0.102. The highest BCUT2D eigenvalue weighted by molar-refractivity contribution is 7.92. The summed E-state index contributed by atoms with van der Waals surface area (Å²) in [5.41, 5.74) is 0.839. The number of sulfonamides is 1. The second-order valence-electron chi connectivity index (χ2n) is 4.65. The van der Waals surface area contributed by atoms with E-state index in [0.29, 0.717) is 15.7 Å². The number of amides is 1. The number of halogens is 3. The van der Waals surface area contributed by atoms with Gasteiger partial charge in [0.25, 0.3) is 5.91 Å². The van der Waals surface area contributed by atoms with E-state index in [1.807, 2.05) is 0 Å². The zero-order valence-electron chi connectivity index (χ0n) is 11.7. The van der Waals surface area contributed by atoms with Crippen molar-refractivity contribution < 1.29 is 13.2 Å². The van der Waals surface area contributed by atoms with Crippen molar-refractivity contribution in [3.05, 3.63) is 57.0 Å². The molecule has 0 unspecified atom stereocenters. The van der Waals surface area contributed by atoms with E-state index in [1.54, 1.807) is 12.1 Å². The quantitative estimate of drug-likeness (QED) is 0.814. The fourth-order valence-corrected chi connectivity index (χ4v) is 3.04. The molecule has 5 nitrogen and oxygen atoms in total. The van der Waals surface area contributed by atoms with E-state index < -0.39 is 15.9 Å². The summed E-state index contributed by atoms with van der Waals surface area (Å²) in [6, 6.07) is 8.87. The Morgan fingerprint density at radius 1 is 0.957 bits per heavy atom. The molecule has 0 saturated heterocycles. The number of carbonyl (C=O) groups is 1. The second kappa shape index (κ2) is 6.97. The third-order valence-electron chi connectivity index (χ3n) is 2.71. The average molecular weight is 394 g/mol. The molecule has 2 aromatic rings. The molecule has 0 fully saturated rings. The van der Waals surface area contributed by atoms with E-state index in [-0.39, 0.29) is 16.3 Å². The predicted octanol–water partition coefficient (Wildman–Crippen LogP) is 4.27. The fraction of sp³-hybridized carbons (Fsp3) is 0.0714. The summed E-state index contributed by atoms with van der Waals surface area (Å²) >= 11 is 17.8. The van der Waals surface area contributed by atoms with Gasteiger partial charge in [0.1, 0.15) is 0 Å². The molecule has 0 radical (unpaired) electrons. The number of hydrogen-bond acceptors (Lipinski definition) is 3. The lowest BCUT2D eigenvalue weighted by Crippen LogP contribution is -2.13. The van der Waals surface area contributed by atoms with E-state index in [4.69, 9.17) is 34.8 Å². The fourth-order valence-electron chi connectivity index (χ4n) is 1.72. The smallest absolute Gasteiger partial charge is 0.255 e. The van der Waals surface area contributed by atoms with Crippen LogP contribution in [-0.2, 0) is 10.0 Å². The average Bonchev–Trinajstić information content (AvgIpc) is 2.42. The van der Waals surface area contributed by atoms with Crippen LogP contribution >= 0.6 is 34.8 Å². The standard InChI is InChI=1S/C14H11Cl3N2O3S/c1-23(21,22)19-13-4-2-8(6-10(13)16)14(20)18-12-5-3-9(15)7-11(12)17/h2-7,19H,1H3,(H,18,20). The van der Waals surface area contributed by atoms with Gasteiger partial charge in [-0.3, -0.25) is 9.52 Å². The maximum absolute atomic E-state index is 12.2. The Balaban J connectivity index is 2.21. The van der Waals surface area contributed by atoms with E-state index in [9.17, 15) is 13.2 Å². The molecule has 0 heterocycles. The number of rotatable bonds is 4. The first-order valence-corrected chi connectivity index (χ1v) is 9.22. The summed E-state index contributed by atoms with van der Waals surface area (Å²) in [5.74, 6) is -0.443. The Hall–Kier alpha value is -1.47. The third kappa shape index (κ3) is 5.00. The van der Waals surface area contributed by atoms with Gasteiger partial charge in [-0.25, -0.2) is 8.42 Å². The molecule has 0 aliphatic carbocycles. The van der Waals surface area contributed by atoms with Gasteiger partial charge in [0, 0.05) is 10.6 Å². The Kier molecular flexibility index (Phi) is 5.41. The van der Waals surface area contributed by atoms with Crippen LogP contribution in [0.3, 0.4) is 0 Å². The van der Waals surface area contributed by atoms with Crippen molar-refractivity contribution in [3.8, 4) is 0 Å². The van der Waals surface area contributed by atoms with Gasteiger partial charge in [-0.1, -0.05) is 34.8 Å². The van der Waals surface area contributed by atoms with Crippen molar-refractivity contribution >= 4 is 62.1 Å². The van der Waals surface area contributed by atoms with E-state index in [1.165, 1.54) is 24.3 Å². The van der Waals surface area contributed by atoms with Crippen LogP contribution < -0.4 is 10.0 Å². The Morgan fingerprint density at radius 3 is 2.13 bits per heavy atom. The van der Waals surface area contributed by atoms with E-state index in [0.717, 1.165) is 6.26 Å². The molecule has 0 bridgehead atoms. The first-order valence-electron chi connectivity index (χ1n) is 6.19. The van der Waals surface area contributed by atoms with Crippen molar-refractivity contribution in [2.24, 2.45) is 0 Å². The summed E-state index contributed by atoms with van der Waals surface area (Å²) in [6.45, 7) is 0. The predicted molar refractivity (Wildman–Crippen MR) is 94.3 cm³/mol. The molecule has 2 N–H and O–H groups in total. The van der Waals surface area contributed by atoms with Gasteiger partial charge in [-0.2, -0.15) is 0 Å². The molecule has 0 saturated carbocycles. The van der Waals surface area contributed by atoms with Crippen molar-refractivity contribution in [2.75, 3.05) is 16.3 Å². The highest BCUT2D eigenvalue weighted by atomic mass is 35.5. The maximum atomic E-state index is 12.2. The van der Waals surface area contributed by atoms with Crippen LogP contribution in [0, 0.1) is 0 Å². The minimum atomic E-state index is -3.46. The molecular formula is C14H11Cl3N2O3S. The molecule has 0 aliphatic rings. The van der Waals surface area contributed by atoms with Gasteiger partial charge in [-0.05, 0) is 36.4 Å². The molecule has 1 amide bonds. The lowest BCUT2D eigenvalue weighted by molar-refractivity contribution is 0.102. The molecule has 0 aliphatic heterocycles. The van der Waals surface area contributed by atoms with Gasteiger partial charge in [0.05, 0.1) is 27.7 Å². The van der Waals surface area contributed by atoms with Crippen molar-refractivity contribution in [3.63, 3.8) is 0 Å². The monoisotopic (exact) mass is 392 g/mol. The highest BCUT2D eigenvalue weighted by Crippen LogP contribution is 2.27. The molecular weight excluding hydrogens is 383 g/mol. The summed E-state index contributed by atoms with van der Waals surface area (Å²) in [7, 11) is -3.46. The highest BCUT2D eigenvalue weighted by Gasteiger charge is 2.12. The first kappa shape index (κ1) is 17.9. The molecule has 122 valence electrons. The molecule has 2 rings (SSSR count). The van der Waals surface area contributed by atoms with Crippen LogP contribution in [0.4, 0.5) is 11.4 Å². The van der Waals surface area contributed by atoms with Crippen LogP contribution in [0.15, 0.2) is 36.4 Å². The molecule has 23 heavy (non-hydrogen) atoms. The van der Waals surface area contributed by atoms with Crippen LogP contribution in [0.25, 0.3) is 0 Å². The van der Waals surface area contributed by atoms with Crippen LogP contribution in [0.5, 0.6) is 0 Å². The maximum Gasteiger partial charge on any atom is 0.255 e. The van der Waals surface area contributed by atoms with Gasteiger partial charge < -0.3 is 5.32 Å². The Morgan fingerprint density at radius 2 is 1.57 bits per heavy atom. The zero-order chi connectivity index (χ0) is 17.2. The van der Waals surface area contributed by atoms with Gasteiger partial charge in [0.2, 0.25) is 10.0 Å². The lowest BCUT2D eigenvalue weighted by Gasteiger charge is -2.10. The third-order valence-corrected chi connectivity index (χ3v) is 4.16. The number of carbonyl (C=O) groups excluding carboxylic acids is 1. The van der Waals surface area contributed by atoms with Crippen LogP contribution in [0.2, 0.25) is 15.1 Å². The SMILES string of the molecule is CS(=O)(=O)Nc1ccc(C(=O)Nc2ccc(Cl)cc2Cl)cc1Cl. The number of nitrogens with one attached hydrogen (secondary N) is 2. The number of hydrogen-bond donors (Lipinski definition) is 2. The summed E-state index contributed by atoms with van der Waals surface area (Å²) in [4.78, 5) is 12.2. The zero-order valence-corrected chi connectivity index (χ0v) is 14.8. The Labute approximate surface area is 148 Å². The number of anilines is 2. The van der Waals surface area contributed by atoms with Crippen LogP contribution in [-0.4, -0.2) is 20.6 Å². The van der Waals surface area contributed by atoms with E-state index in [2.05, 4.69) is 10.0 Å². The lowest BCUT2D eigenvalue weighted by atomic mass is 10.2. The molecule has 9 heteroatoms. The largest absolute Gasteiger partial charge is 0.321 e. The normalized spacial score (nSPS) is 11.1. The van der Waals surface area contributed by atoms with Crippen molar-refractivity contribution in [1.82, 2.24) is 0 Å². The van der Waals surface area contributed by atoms with E-state index >= 15 is 0 Å². The molecule has 0 aromatic heterocycles. The van der Waals surface area contributed by atoms with Crippen molar-refractivity contribution in [2.45, 2.75) is 0 Å². The Bertz CT molecular complexity index is 870. The molecule has 2 aromatic carbocycles. The minimum Gasteiger partial charge on any atom is -0.321 e. The summed E-state index contributed by atoms with van der Waals surface area (Å²) < 4.78 is 24.7.